The number of hydrogen-bond donors (Lipinski definition) is 2. The summed E-state index contributed by atoms with van der Waals surface area (Å²) >= 11 is 5.18. The minimum atomic E-state index is 0.116. The SMILES string of the molecule is Cc1cc(C)c(C(N)=S)c(NC2(C)CCCCC2)n1. The van der Waals surface area contributed by atoms with Crippen LogP contribution in [0.15, 0.2) is 6.07 Å². The number of aryl methyl sites for hydroxylation is 2. The van der Waals surface area contributed by atoms with Gasteiger partial charge in [0.2, 0.25) is 0 Å². The predicted octanol–water partition coefficient (Wildman–Crippen LogP) is 3.47. The quantitative estimate of drug-likeness (QED) is 0.831. The number of pyridine rings is 1. The highest BCUT2D eigenvalue weighted by molar-refractivity contribution is 7.80. The predicted molar refractivity (Wildman–Crippen MR) is 84.7 cm³/mol. The summed E-state index contributed by atoms with van der Waals surface area (Å²) in [6.45, 7) is 6.32. The average molecular weight is 277 g/mol. The molecule has 0 bridgehead atoms. The summed E-state index contributed by atoms with van der Waals surface area (Å²) in [6.07, 6.45) is 6.24. The van der Waals surface area contributed by atoms with Gasteiger partial charge < -0.3 is 11.1 Å². The number of nitrogens with zero attached hydrogens (tertiary/aromatic N) is 1. The lowest BCUT2D eigenvalue weighted by atomic mass is 9.83. The molecular formula is C15H23N3S. The fourth-order valence-electron chi connectivity index (χ4n) is 2.98. The molecule has 0 aliphatic heterocycles. The van der Waals surface area contributed by atoms with Crippen LogP contribution >= 0.6 is 12.2 Å². The molecule has 1 aromatic rings. The van der Waals surface area contributed by atoms with E-state index < -0.39 is 0 Å². The van der Waals surface area contributed by atoms with Crippen molar-refractivity contribution in [1.82, 2.24) is 4.98 Å². The van der Waals surface area contributed by atoms with Crippen molar-refractivity contribution in [2.45, 2.75) is 58.4 Å². The lowest BCUT2D eigenvalue weighted by Crippen LogP contribution is -2.38. The average Bonchev–Trinajstić information content (AvgIpc) is 2.27. The van der Waals surface area contributed by atoms with E-state index in [1.165, 1.54) is 32.1 Å². The Morgan fingerprint density at radius 1 is 1.32 bits per heavy atom. The van der Waals surface area contributed by atoms with Crippen LogP contribution in [0, 0.1) is 13.8 Å². The smallest absolute Gasteiger partial charge is 0.137 e. The molecule has 3 nitrogen and oxygen atoms in total. The van der Waals surface area contributed by atoms with E-state index in [4.69, 9.17) is 18.0 Å². The second-order valence-electron chi connectivity index (χ2n) is 5.91. The van der Waals surface area contributed by atoms with E-state index in [1.807, 2.05) is 19.9 Å². The molecule has 0 spiro atoms. The number of hydrogen-bond acceptors (Lipinski definition) is 3. The van der Waals surface area contributed by atoms with E-state index in [0.29, 0.717) is 4.99 Å². The van der Waals surface area contributed by atoms with Crippen LogP contribution in [0.1, 0.15) is 55.8 Å². The van der Waals surface area contributed by atoms with Gasteiger partial charge in [0.1, 0.15) is 10.8 Å². The van der Waals surface area contributed by atoms with Crippen LogP contribution in [0.4, 0.5) is 5.82 Å². The van der Waals surface area contributed by atoms with Gasteiger partial charge in [0.15, 0.2) is 0 Å². The van der Waals surface area contributed by atoms with Crippen LogP contribution in [-0.2, 0) is 0 Å². The molecule has 0 radical (unpaired) electrons. The highest BCUT2D eigenvalue weighted by Crippen LogP contribution is 2.32. The van der Waals surface area contributed by atoms with Gasteiger partial charge in [-0.25, -0.2) is 4.98 Å². The zero-order chi connectivity index (χ0) is 14.0. The molecule has 1 aliphatic carbocycles. The first kappa shape index (κ1) is 14.3. The van der Waals surface area contributed by atoms with E-state index >= 15 is 0 Å². The first-order valence-electron chi connectivity index (χ1n) is 6.97. The van der Waals surface area contributed by atoms with Crippen LogP contribution in [-0.4, -0.2) is 15.5 Å². The standard InChI is InChI=1S/C15H23N3S/c1-10-9-11(2)17-14(12(10)13(16)19)18-15(3)7-5-4-6-8-15/h9H,4-8H2,1-3H3,(H2,16,19)(H,17,18). The molecule has 0 unspecified atom stereocenters. The van der Waals surface area contributed by atoms with Crippen molar-refractivity contribution in [3.8, 4) is 0 Å². The number of anilines is 1. The molecule has 1 aliphatic rings. The molecule has 0 aromatic carbocycles. The second kappa shape index (κ2) is 5.45. The molecule has 19 heavy (non-hydrogen) atoms. The normalized spacial score (nSPS) is 18.1. The van der Waals surface area contributed by atoms with Crippen LogP contribution in [0.5, 0.6) is 0 Å². The third kappa shape index (κ3) is 3.24. The Morgan fingerprint density at radius 2 is 1.95 bits per heavy atom. The molecule has 104 valence electrons. The monoisotopic (exact) mass is 277 g/mol. The highest BCUT2D eigenvalue weighted by Gasteiger charge is 2.28. The van der Waals surface area contributed by atoms with Crippen LogP contribution in [0.25, 0.3) is 0 Å². The Bertz CT molecular complexity index is 490. The van der Waals surface area contributed by atoms with E-state index in [1.54, 1.807) is 0 Å². The lowest BCUT2D eigenvalue weighted by Gasteiger charge is -2.36. The molecule has 2 rings (SSSR count). The molecule has 1 heterocycles. The summed E-state index contributed by atoms with van der Waals surface area (Å²) < 4.78 is 0. The summed E-state index contributed by atoms with van der Waals surface area (Å²) in [5.74, 6) is 0.856. The van der Waals surface area contributed by atoms with E-state index in [2.05, 4.69) is 17.2 Å². The number of rotatable bonds is 3. The minimum absolute atomic E-state index is 0.116. The Hall–Kier alpha value is -1.16. The van der Waals surface area contributed by atoms with Crippen LogP contribution in [0.3, 0.4) is 0 Å². The zero-order valence-corrected chi connectivity index (χ0v) is 12.9. The zero-order valence-electron chi connectivity index (χ0n) is 12.0. The van der Waals surface area contributed by atoms with Gasteiger partial charge in [0.05, 0.1) is 5.56 Å². The van der Waals surface area contributed by atoms with Gasteiger partial charge >= 0.3 is 0 Å². The number of nitrogens with two attached hydrogens (primary N) is 1. The third-order valence-electron chi connectivity index (χ3n) is 3.97. The summed E-state index contributed by atoms with van der Waals surface area (Å²) in [4.78, 5) is 5.04. The molecule has 1 aromatic heterocycles. The van der Waals surface area contributed by atoms with Gasteiger partial charge in [0, 0.05) is 11.2 Å². The van der Waals surface area contributed by atoms with Crippen LogP contribution < -0.4 is 11.1 Å². The lowest BCUT2D eigenvalue weighted by molar-refractivity contribution is 0.348. The Labute approximate surface area is 121 Å². The number of nitrogens with one attached hydrogen (secondary N) is 1. The summed E-state index contributed by atoms with van der Waals surface area (Å²) in [6, 6.07) is 2.03. The van der Waals surface area contributed by atoms with E-state index in [9.17, 15) is 0 Å². The Kier molecular flexibility index (Phi) is 4.09. The molecule has 0 amide bonds. The van der Waals surface area contributed by atoms with Gasteiger partial charge in [0.25, 0.3) is 0 Å². The highest BCUT2D eigenvalue weighted by atomic mass is 32.1. The second-order valence-corrected chi connectivity index (χ2v) is 6.35. The Morgan fingerprint density at radius 3 is 2.53 bits per heavy atom. The molecule has 4 heteroatoms. The maximum Gasteiger partial charge on any atom is 0.137 e. The largest absolute Gasteiger partial charge is 0.389 e. The molecular weight excluding hydrogens is 254 g/mol. The van der Waals surface area contributed by atoms with Gasteiger partial charge in [-0.3, -0.25) is 0 Å². The molecule has 3 N–H and O–H groups in total. The first-order chi connectivity index (χ1) is 8.91. The van der Waals surface area contributed by atoms with Crippen molar-refractivity contribution in [1.29, 1.82) is 0 Å². The fourth-order valence-corrected chi connectivity index (χ4v) is 3.24. The van der Waals surface area contributed by atoms with Crippen molar-refractivity contribution < 1.29 is 0 Å². The number of aromatic nitrogens is 1. The van der Waals surface area contributed by atoms with E-state index in [-0.39, 0.29) is 5.54 Å². The third-order valence-corrected chi connectivity index (χ3v) is 4.17. The summed E-state index contributed by atoms with van der Waals surface area (Å²) in [5.41, 5.74) is 8.98. The molecule has 0 atom stereocenters. The molecule has 1 fully saturated rings. The van der Waals surface area contributed by atoms with Gasteiger partial charge in [-0.1, -0.05) is 31.5 Å². The Balaban J connectivity index is 2.35. The molecule has 1 saturated carbocycles. The number of thiocarbonyl (C=S) groups is 1. The van der Waals surface area contributed by atoms with Gasteiger partial charge in [-0.2, -0.15) is 0 Å². The minimum Gasteiger partial charge on any atom is -0.389 e. The topological polar surface area (TPSA) is 50.9 Å². The fraction of sp³-hybridized carbons (Fsp3) is 0.600. The van der Waals surface area contributed by atoms with Gasteiger partial charge in [-0.05, 0) is 45.2 Å². The maximum atomic E-state index is 5.87. The van der Waals surface area contributed by atoms with Crippen molar-refractivity contribution >= 4 is 23.0 Å². The van der Waals surface area contributed by atoms with Crippen molar-refractivity contribution in [2.75, 3.05) is 5.32 Å². The van der Waals surface area contributed by atoms with Crippen LogP contribution in [0.2, 0.25) is 0 Å². The van der Waals surface area contributed by atoms with Crippen molar-refractivity contribution in [3.05, 3.63) is 22.9 Å². The maximum absolute atomic E-state index is 5.87. The van der Waals surface area contributed by atoms with Crippen molar-refractivity contribution in [2.24, 2.45) is 5.73 Å². The van der Waals surface area contributed by atoms with E-state index in [0.717, 1.165) is 22.6 Å². The van der Waals surface area contributed by atoms with Gasteiger partial charge in [-0.15, -0.1) is 0 Å². The molecule has 0 saturated heterocycles. The first-order valence-corrected chi connectivity index (χ1v) is 7.38. The van der Waals surface area contributed by atoms with Crippen molar-refractivity contribution in [3.63, 3.8) is 0 Å². The summed E-state index contributed by atoms with van der Waals surface area (Å²) in [7, 11) is 0. The summed E-state index contributed by atoms with van der Waals surface area (Å²) in [5, 5.41) is 3.61.